The van der Waals surface area contributed by atoms with E-state index in [2.05, 4.69) is 6.92 Å². The van der Waals surface area contributed by atoms with Crippen molar-refractivity contribution in [3.8, 4) is 0 Å². The molecule has 0 unspecified atom stereocenters. The first-order chi connectivity index (χ1) is 10.0. The molecule has 0 atom stereocenters. The molecule has 0 amide bonds. The average molecular weight is 328 g/mol. The number of benzene rings is 2. The fourth-order valence-corrected chi connectivity index (χ4v) is 3.29. The van der Waals surface area contributed by atoms with Gasteiger partial charge in [-0.25, -0.2) is 8.42 Å². The molecule has 114 valence electrons. The largest absolute Gasteiger partial charge is 1.00 e. The van der Waals surface area contributed by atoms with E-state index in [0.29, 0.717) is 5.39 Å². The van der Waals surface area contributed by atoms with Crippen LogP contribution in [0.5, 0.6) is 0 Å². The average Bonchev–Trinajstić information content (AvgIpc) is 2.45. The van der Waals surface area contributed by atoms with Crippen LogP contribution in [0.3, 0.4) is 0 Å². The van der Waals surface area contributed by atoms with Gasteiger partial charge in [0.25, 0.3) is 0 Å². The molecular formula is C17H21NaO3S. The molecule has 2 aromatic rings. The molecule has 5 heteroatoms. The Balaban J connectivity index is 0.00000242. The number of aryl methyl sites for hydroxylation is 1. The summed E-state index contributed by atoms with van der Waals surface area (Å²) in [4.78, 5) is -0.118. The Labute approximate surface area is 155 Å². The molecule has 3 nitrogen and oxygen atoms in total. The smallest absolute Gasteiger partial charge is 0.744 e. The van der Waals surface area contributed by atoms with Crippen LogP contribution < -0.4 is 29.6 Å². The Hall–Kier alpha value is -0.390. The minimum absolute atomic E-state index is 0. The molecule has 0 aliphatic carbocycles. The van der Waals surface area contributed by atoms with E-state index in [1.165, 1.54) is 31.7 Å². The Morgan fingerprint density at radius 2 is 1.73 bits per heavy atom. The van der Waals surface area contributed by atoms with Crippen molar-refractivity contribution in [1.29, 1.82) is 0 Å². The third-order valence-corrected chi connectivity index (χ3v) is 4.64. The van der Waals surface area contributed by atoms with E-state index in [-0.39, 0.29) is 34.5 Å². The molecular weight excluding hydrogens is 307 g/mol. The molecule has 2 rings (SSSR count). The molecule has 0 spiro atoms. The molecule has 0 bridgehead atoms. The first-order valence-electron chi connectivity index (χ1n) is 7.50. The molecule has 0 aliphatic rings. The number of hydrogen-bond acceptors (Lipinski definition) is 3. The fourth-order valence-electron chi connectivity index (χ4n) is 2.60. The van der Waals surface area contributed by atoms with Crippen LogP contribution in [0.15, 0.2) is 41.3 Å². The molecule has 0 radical (unpaired) electrons. The van der Waals surface area contributed by atoms with Crippen LogP contribution >= 0.6 is 0 Å². The molecule has 0 N–H and O–H groups in total. The molecule has 0 saturated heterocycles. The van der Waals surface area contributed by atoms with Crippen LogP contribution in [0.4, 0.5) is 0 Å². The van der Waals surface area contributed by atoms with Gasteiger partial charge in [-0.05, 0) is 41.3 Å². The van der Waals surface area contributed by atoms with Crippen LogP contribution in [-0.2, 0) is 16.5 Å². The second-order valence-corrected chi connectivity index (χ2v) is 6.78. The van der Waals surface area contributed by atoms with Crippen molar-refractivity contribution in [2.24, 2.45) is 0 Å². The van der Waals surface area contributed by atoms with E-state index >= 15 is 0 Å². The quantitative estimate of drug-likeness (QED) is 0.437. The zero-order chi connectivity index (χ0) is 15.3. The number of unbranched alkanes of at least 4 members (excludes halogenated alkanes) is 4. The first kappa shape index (κ1) is 19.7. The minimum Gasteiger partial charge on any atom is -0.744 e. The third kappa shape index (κ3) is 5.36. The summed E-state index contributed by atoms with van der Waals surface area (Å²) in [6, 6.07) is 10.6. The van der Waals surface area contributed by atoms with Gasteiger partial charge in [0.2, 0.25) is 0 Å². The zero-order valence-electron chi connectivity index (χ0n) is 13.3. The summed E-state index contributed by atoms with van der Waals surface area (Å²) in [5.41, 5.74) is 1.09. The van der Waals surface area contributed by atoms with Crippen molar-refractivity contribution < 1.29 is 42.5 Å². The zero-order valence-corrected chi connectivity index (χ0v) is 16.2. The summed E-state index contributed by atoms with van der Waals surface area (Å²) in [6.07, 6.45) is 6.93. The van der Waals surface area contributed by atoms with Crippen molar-refractivity contribution in [2.75, 3.05) is 0 Å². The molecule has 0 fully saturated rings. The van der Waals surface area contributed by atoms with Crippen molar-refractivity contribution in [1.82, 2.24) is 0 Å². The maximum atomic E-state index is 11.3. The second kappa shape index (κ2) is 9.04. The van der Waals surface area contributed by atoms with Crippen molar-refractivity contribution in [3.05, 3.63) is 42.0 Å². The maximum Gasteiger partial charge on any atom is 1.00 e. The predicted octanol–water partition coefficient (Wildman–Crippen LogP) is 1.26. The van der Waals surface area contributed by atoms with Gasteiger partial charge in [0.15, 0.2) is 0 Å². The van der Waals surface area contributed by atoms with Crippen molar-refractivity contribution >= 4 is 20.9 Å². The summed E-state index contributed by atoms with van der Waals surface area (Å²) in [5, 5.41) is 1.33. The Bertz CT molecular complexity index is 711. The van der Waals surface area contributed by atoms with Gasteiger partial charge < -0.3 is 4.55 Å². The normalized spacial score (nSPS) is 11.4. The maximum absolute atomic E-state index is 11.3. The van der Waals surface area contributed by atoms with Gasteiger partial charge in [-0.2, -0.15) is 0 Å². The van der Waals surface area contributed by atoms with Crippen LogP contribution in [0.2, 0.25) is 0 Å². The summed E-state index contributed by atoms with van der Waals surface area (Å²) in [6.45, 7) is 2.19. The van der Waals surface area contributed by atoms with Gasteiger partial charge in [-0.15, -0.1) is 0 Å². The third-order valence-electron chi connectivity index (χ3n) is 3.74. The van der Waals surface area contributed by atoms with E-state index in [1.54, 1.807) is 6.07 Å². The van der Waals surface area contributed by atoms with Crippen molar-refractivity contribution in [2.45, 2.75) is 50.3 Å². The van der Waals surface area contributed by atoms with E-state index in [9.17, 15) is 13.0 Å². The fraction of sp³-hybridized carbons (Fsp3) is 0.412. The monoisotopic (exact) mass is 328 g/mol. The Morgan fingerprint density at radius 3 is 2.41 bits per heavy atom. The predicted molar refractivity (Wildman–Crippen MR) is 84.4 cm³/mol. The summed E-state index contributed by atoms with van der Waals surface area (Å²) in [7, 11) is -4.43. The van der Waals surface area contributed by atoms with Gasteiger partial charge in [-0.3, -0.25) is 0 Å². The molecule has 2 aromatic carbocycles. The van der Waals surface area contributed by atoms with E-state index in [1.807, 2.05) is 24.3 Å². The summed E-state index contributed by atoms with van der Waals surface area (Å²) < 4.78 is 34.0. The van der Waals surface area contributed by atoms with Gasteiger partial charge in [0.1, 0.15) is 10.1 Å². The van der Waals surface area contributed by atoms with Gasteiger partial charge in [0, 0.05) is 0 Å². The van der Waals surface area contributed by atoms with E-state index < -0.39 is 10.1 Å². The topological polar surface area (TPSA) is 57.2 Å². The second-order valence-electron chi connectivity index (χ2n) is 5.43. The number of fused-ring (bicyclic) bond motifs is 1. The van der Waals surface area contributed by atoms with Gasteiger partial charge >= 0.3 is 29.6 Å². The molecule has 0 aliphatic heterocycles. The van der Waals surface area contributed by atoms with Crippen LogP contribution in [0, 0.1) is 0 Å². The molecule has 0 saturated carbocycles. The van der Waals surface area contributed by atoms with Gasteiger partial charge in [-0.1, -0.05) is 56.9 Å². The van der Waals surface area contributed by atoms with E-state index in [0.717, 1.165) is 23.8 Å². The summed E-state index contributed by atoms with van der Waals surface area (Å²) >= 11 is 0. The molecule has 0 aromatic heterocycles. The van der Waals surface area contributed by atoms with E-state index in [4.69, 9.17) is 0 Å². The molecule has 0 heterocycles. The SMILES string of the molecule is CCCCCCCc1ccc2cccc(S(=O)(=O)[O-])c2c1.[Na+]. The number of rotatable bonds is 7. The summed E-state index contributed by atoms with van der Waals surface area (Å²) in [5.74, 6) is 0. The van der Waals surface area contributed by atoms with Crippen LogP contribution in [-0.4, -0.2) is 13.0 Å². The number of hydrogen-bond donors (Lipinski definition) is 0. The minimum atomic E-state index is -4.43. The Kier molecular flexibility index (Phi) is 8.08. The van der Waals surface area contributed by atoms with Crippen molar-refractivity contribution in [3.63, 3.8) is 0 Å². The Morgan fingerprint density at radius 1 is 1.00 bits per heavy atom. The van der Waals surface area contributed by atoms with Gasteiger partial charge in [0.05, 0.1) is 4.90 Å². The van der Waals surface area contributed by atoms with Crippen LogP contribution in [0.1, 0.15) is 44.6 Å². The first-order valence-corrected chi connectivity index (χ1v) is 8.91. The molecule has 22 heavy (non-hydrogen) atoms. The van der Waals surface area contributed by atoms with Crippen LogP contribution in [0.25, 0.3) is 10.8 Å². The standard InChI is InChI=1S/C17H22O3S.Na/c1-2-3-4-5-6-8-14-11-12-15-9-7-10-17(16(15)13-14)21(18,19)20;/h7,9-13H,2-6,8H2,1H3,(H,18,19,20);/q;+1/p-1.